The van der Waals surface area contributed by atoms with Crippen LogP contribution in [0.1, 0.15) is 19.3 Å². The number of guanidine groups is 1. The Labute approximate surface area is 140 Å². The van der Waals surface area contributed by atoms with Crippen LogP contribution in [-0.4, -0.2) is 48.7 Å². The molecule has 1 aromatic rings. The summed E-state index contributed by atoms with van der Waals surface area (Å²) in [5.41, 5.74) is 2.18. The molecule has 1 aliphatic carbocycles. The van der Waals surface area contributed by atoms with E-state index in [4.69, 9.17) is 11.6 Å². The largest absolute Gasteiger partial charge is 0.368 e. The van der Waals surface area contributed by atoms with Crippen molar-refractivity contribution >= 4 is 34.9 Å². The SMILES string of the molecule is O=C1N=C(N2CCN(c3cccc(Cl)c3)CC2)N=C2CCCC12. The van der Waals surface area contributed by atoms with E-state index >= 15 is 0 Å². The Hall–Kier alpha value is -1.88. The second-order valence-electron chi connectivity index (χ2n) is 6.25. The highest BCUT2D eigenvalue weighted by Crippen LogP contribution is 2.27. The van der Waals surface area contributed by atoms with Crippen LogP contribution in [0.5, 0.6) is 0 Å². The highest BCUT2D eigenvalue weighted by atomic mass is 35.5. The van der Waals surface area contributed by atoms with Crippen LogP contribution in [0.15, 0.2) is 34.3 Å². The fourth-order valence-electron chi connectivity index (χ4n) is 3.54. The highest BCUT2D eigenvalue weighted by molar-refractivity contribution is 6.30. The Morgan fingerprint density at radius 1 is 1.09 bits per heavy atom. The number of hydrogen-bond donors (Lipinski definition) is 0. The maximum absolute atomic E-state index is 12.1. The minimum absolute atomic E-state index is 0.000212. The van der Waals surface area contributed by atoms with Crippen LogP contribution >= 0.6 is 11.6 Å². The minimum atomic E-state index is -0.0356. The number of amides is 1. The lowest BCUT2D eigenvalue weighted by molar-refractivity contribution is -0.119. The fraction of sp³-hybridized carbons (Fsp3) is 0.471. The third kappa shape index (κ3) is 2.85. The van der Waals surface area contributed by atoms with E-state index in [0.29, 0.717) is 5.96 Å². The highest BCUT2D eigenvalue weighted by Gasteiger charge is 2.34. The van der Waals surface area contributed by atoms with Gasteiger partial charge in [0.15, 0.2) is 0 Å². The number of nitrogens with zero attached hydrogens (tertiary/aromatic N) is 4. The zero-order valence-electron chi connectivity index (χ0n) is 12.9. The van der Waals surface area contributed by atoms with Gasteiger partial charge in [0.2, 0.25) is 5.96 Å². The van der Waals surface area contributed by atoms with Gasteiger partial charge in [0, 0.05) is 42.6 Å². The van der Waals surface area contributed by atoms with Gasteiger partial charge in [0.05, 0.1) is 5.92 Å². The lowest BCUT2D eigenvalue weighted by Crippen LogP contribution is -2.49. The van der Waals surface area contributed by atoms with E-state index in [1.165, 1.54) is 0 Å². The third-order valence-corrected chi connectivity index (χ3v) is 5.05. The zero-order valence-corrected chi connectivity index (χ0v) is 13.7. The quantitative estimate of drug-likeness (QED) is 0.795. The summed E-state index contributed by atoms with van der Waals surface area (Å²) in [5.74, 6) is 0.583. The Balaban J connectivity index is 1.45. The molecule has 3 aliphatic rings. The number of aliphatic imine (C=N–C) groups is 2. The van der Waals surface area contributed by atoms with Gasteiger partial charge in [0.25, 0.3) is 5.91 Å². The Kier molecular flexibility index (Phi) is 3.81. The lowest BCUT2D eigenvalue weighted by Gasteiger charge is -2.37. The van der Waals surface area contributed by atoms with Crippen LogP contribution in [0.3, 0.4) is 0 Å². The molecule has 1 atom stereocenters. The molecule has 0 aromatic heterocycles. The topological polar surface area (TPSA) is 48.3 Å². The van der Waals surface area contributed by atoms with Crippen molar-refractivity contribution in [2.24, 2.45) is 15.9 Å². The van der Waals surface area contributed by atoms with E-state index in [-0.39, 0.29) is 11.8 Å². The number of carbonyl (C=O) groups is 1. The average molecular weight is 331 g/mol. The molecule has 120 valence electrons. The molecule has 2 aliphatic heterocycles. The first kappa shape index (κ1) is 14.7. The molecular weight excluding hydrogens is 312 g/mol. The normalized spacial score (nSPS) is 24.4. The van der Waals surface area contributed by atoms with Gasteiger partial charge in [0.1, 0.15) is 0 Å². The number of benzene rings is 1. The van der Waals surface area contributed by atoms with Gasteiger partial charge in [-0.25, -0.2) is 4.99 Å². The Morgan fingerprint density at radius 2 is 1.87 bits per heavy atom. The summed E-state index contributed by atoms with van der Waals surface area (Å²) in [6, 6.07) is 7.92. The van der Waals surface area contributed by atoms with Crippen molar-refractivity contribution in [3.8, 4) is 0 Å². The maximum Gasteiger partial charge on any atom is 0.257 e. The van der Waals surface area contributed by atoms with E-state index in [0.717, 1.165) is 61.9 Å². The Bertz CT molecular complexity index is 692. The number of carbonyl (C=O) groups excluding carboxylic acids is 1. The van der Waals surface area contributed by atoms with Gasteiger partial charge in [-0.05, 0) is 37.5 Å². The molecular formula is C17H19ClN4O. The number of rotatable bonds is 1. The zero-order chi connectivity index (χ0) is 15.8. The predicted molar refractivity (Wildman–Crippen MR) is 92.5 cm³/mol. The Morgan fingerprint density at radius 3 is 2.65 bits per heavy atom. The van der Waals surface area contributed by atoms with Crippen molar-refractivity contribution in [1.29, 1.82) is 0 Å². The fourth-order valence-corrected chi connectivity index (χ4v) is 3.72. The molecule has 1 unspecified atom stereocenters. The standard InChI is InChI=1S/C17H19ClN4O/c18-12-3-1-4-13(11-12)21-7-9-22(10-8-21)17-19-15-6-2-5-14(15)16(23)20-17/h1,3-4,11,14H,2,5-10H2. The van der Waals surface area contributed by atoms with Crippen LogP contribution in [0.25, 0.3) is 0 Å². The molecule has 2 heterocycles. The summed E-state index contributed by atoms with van der Waals surface area (Å²) >= 11 is 6.07. The van der Waals surface area contributed by atoms with Crippen LogP contribution in [0.2, 0.25) is 5.02 Å². The number of halogens is 1. The molecule has 5 nitrogen and oxygen atoms in total. The van der Waals surface area contributed by atoms with Crippen molar-refractivity contribution in [2.75, 3.05) is 31.1 Å². The van der Waals surface area contributed by atoms with Crippen molar-refractivity contribution in [3.05, 3.63) is 29.3 Å². The second kappa shape index (κ2) is 5.96. The molecule has 0 radical (unpaired) electrons. The number of anilines is 1. The predicted octanol–water partition coefficient (Wildman–Crippen LogP) is 2.60. The molecule has 1 saturated heterocycles. The molecule has 0 bridgehead atoms. The number of hydrogen-bond acceptors (Lipinski definition) is 4. The average Bonchev–Trinajstić information content (AvgIpc) is 3.04. The monoisotopic (exact) mass is 330 g/mol. The van der Waals surface area contributed by atoms with E-state index < -0.39 is 0 Å². The van der Waals surface area contributed by atoms with Crippen LogP contribution < -0.4 is 4.90 Å². The van der Waals surface area contributed by atoms with Crippen LogP contribution in [0, 0.1) is 5.92 Å². The van der Waals surface area contributed by atoms with Gasteiger partial charge in [-0.3, -0.25) is 4.79 Å². The van der Waals surface area contributed by atoms with Crippen LogP contribution in [-0.2, 0) is 4.79 Å². The van der Waals surface area contributed by atoms with Crippen molar-refractivity contribution in [3.63, 3.8) is 0 Å². The van der Waals surface area contributed by atoms with E-state index in [9.17, 15) is 4.79 Å². The summed E-state index contributed by atoms with van der Waals surface area (Å²) in [4.78, 5) is 25.5. The molecule has 0 spiro atoms. The third-order valence-electron chi connectivity index (χ3n) is 4.82. The summed E-state index contributed by atoms with van der Waals surface area (Å²) in [7, 11) is 0. The molecule has 1 aromatic carbocycles. The summed E-state index contributed by atoms with van der Waals surface area (Å²) in [6.45, 7) is 3.39. The molecule has 4 rings (SSSR count). The minimum Gasteiger partial charge on any atom is -0.368 e. The molecule has 1 amide bonds. The first-order valence-electron chi connectivity index (χ1n) is 8.16. The summed E-state index contributed by atoms with van der Waals surface area (Å²) in [6.07, 6.45) is 2.91. The number of piperazine rings is 1. The molecule has 6 heteroatoms. The van der Waals surface area contributed by atoms with Gasteiger partial charge >= 0.3 is 0 Å². The van der Waals surface area contributed by atoms with Crippen molar-refractivity contribution < 1.29 is 4.79 Å². The summed E-state index contributed by atoms with van der Waals surface area (Å²) < 4.78 is 0. The molecule has 1 saturated carbocycles. The molecule has 0 N–H and O–H groups in total. The first-order valence-corrected chi connectivity index (χ1v) is 8.54. The van der Waals surface area contributed by atoms with Gasteiger partial charge in [-0.2, -0.15) is 4.99 Å². The van der Waals surface area contributed by atoms with Crippen molar-refractivity contribution in [2.45, 2.75) is 19.3 Å². The van der Waals surface area contributed by atoms with E-state index in [1.807, 2.05) is 18.2 Å². The molecule has 23 heavy (non-hydrogen) atoms. The first-order chi connectivity index (χ1) is 11.2. The van der Waals surface area contributed by atoms with E-state index in [2.05, 4.69) is 25.9 Å². The van der Waals surface area contributed by atoms with Crippen molar-refractivity contribution in [1.82, 2.24) is 4.90 Å². The van der Waals surface area contributed by atoms with Crippen LogP contribution in [0.4, 0.5) is 5.69 Å². The second-order valence-corrected chi connectivity index (χ2v) is 6.69. The summed E-state index contributed by atoms with van der Waals surface area (Å²) in [5, 5.41) is 0.755. The van der Waals surface area contributed by atoms with E-state index in [1.54, 1.807) is 0 Å². The smallest absolute Gasteiger partial charge is 0.257 e. The molecule has 2 fully saturated rings. The van der Waals surface area contributed by atoms with Gasteiger partial charge in [-0.15, -0.1) is 0 Å². The van der Waals surface area contributed by atoms with Gasteiger partial charge < -0.3 is 9.80 Å². The lowest BCUT2D eigenvalue weighted by atomic mass is 10.1. The van der Waals surface area contributed by atoms with Gasteiger partial charge in [-0.1, -0.05) is 17.7 Å². The number of fused-ring (bicyclic) bond motifs is 1. The maximum atomic E-state index is 12.1.